The highest BCUT2D eigenvalue weighted by molar-refractivity contribution is 5.80. The number of alkyl carbamates (subject to hydrolysis) is 1. The van der Waals surface area contributed by atoms with E-state index in [-0.39, 0.29) is 12.3 Å². The summed E-state index contributed by atoms with van der Waals surface area (Å²) in [5.41, 5.74) is 2.64. The van der Waals surface area contributed by atoms with Gasteiger partial charge in [0.05, 0.1) is 18.7 Å². The fourth-order valence-corrected chi connectivity index (χ4v) is 5.38. The molecule has 0 aliphatic rings. The molecule has 0 fully saturated rings. The number of benzene rings is 4. The van der Waals surface area contributed by atoms with E-state index in [9.17, 15) is 9.59 Å². The molecule has 0 saturated carbocycles. The maximum absolute atomic E-state index is 14.2. The Bertz CT molecular complexity index is 1570. The fraction of sp³-hybridized carbons (Fsp3) is 0.243. The molecule has 5 rings (SSSR count). The summed E-state index contributed by atoms with van der Waals surface area (Å²) in [6.07, 6.45) is 1.81. The van der Waals surface area contributed by atoms with Gasteiger partial charge in [0, 0.05) is 6.54 Å². The van der Waals surface area contributed by atoms with E-state index in [2.05, 4.69) is 33.1 Å². The van der Waals surface area contributed by atoms with Crippen LogP contribution in [0.3, 0.4) is 0 Å². The quantitative estimate of drug-likeness (QED) is 0.167. The third-order valence-electron chi connectivity index (χ3n) is 7.41. The maximum atomic E-state index is 14.2. The molecule has 0 aliphatic carbocycles. The molecule has 230 valence electrons. The van der Waals surface area contributed by atoms with Crippen molar-refractivity contribution in [3.8, 4) is 0 Å². The normalized spacial score (nSPS) is 12.2. The SMILES string of the molecule is CC(C)(C)OC(=O)N[C@H](CC(=O)NC(c1ccccc1)(c1ccccc1)c1ccccc1)c1cn(CCc2ccccc2)nn1. The zero-order chi connectivity index (χ0) is 31.7. The van der Waals surface area contributed by atoms with Gasteiger partial charge in [-0.05, 0) is 49.4 Å². The van der Waals surface area contributed by atoms with Gasteiger partial charge in [-0.3, -0.25) is 9.48 Å². The number of nitrogens with zero attached hydrogens (tertiary/aromatic N) is 3. The Balaban J connectivity index is 1.46. The summed E-state index contributed by atoms with van der Waals surface area (Å²) in [5, 5.41) is 14.9. The van der Waals surface area contributed by atoms with Crippen molar-refractivity contribution < 1.29 is 14.3 Å². The van der Waals surface area contributed by atoms with Crippen molar-refractivity contribution in [2.75, 3.05) is 0 Å². The average molecular weight is 602 g/mol. The molecular formula is C37H39N5O3. The molecule has 0 bridgehead atoms. The van der Waals surface area contributed by atoms with Gasteiger partial charge in [0.15, 0.2) is 0 Å². The van der Waals surface area contributed by atoms with Gasteiger partial charge in [-0.1, -0.05) is 127 Å². The number of ether oxygens (including phenoxy) is 1. The third kappa shape index (κ3) is 8.03. The van der Waals surface area contributed by atoms with Crippen molar-refractivity contribution in [3.05, 3.63) is 155 Å². The van der Waals surface area contributed by atoms with E-state index in [1.165, 1.54) is 5.56 Å². The van der Waals surface area contributed by atoms with Crippen LogP contribution in [-0.4, -0.2) is 32.6 Å². The second-order valence-electron chi connectivity index (χ2n) is 11.9. The Morgan fingerprint density at radius 2 is 1.24 bits per heavy atom. The molecule has 5 aromatic rings. The van der Waals surface area contributed by atoms with Crippen molar-refractivity contribution in [1.82, 2.24) is 25.6 Å². The van der Waals surface area contributed by atoms with Crippen LogP contribution in [0.2, 0.25) is 0 Å². The van der Waals surface area contributed by atoms with Gasteiger partial charge in [0.1, 0.15) is 16.8 Å². The summed E-state index contributed by atoms with van der Waals surface area (Å²) in [6.45, 7) is 5.98. The minimum absolute atomic E-state index is 0.0924. The molecule has 4 aromatic carbocycles. The van der Waals surface area contributed by atoms with E-state index in [1.54, 1.807) is 31.6 Å². The standard InChI is InChI=1S/C37H39N5O3/c1-36(2,3)45-35(44)38-32(33-27-42(41-40-33)25-24-28-16-8-4-9-17-28)26-34(43)39-37(29-18-10-5-11-19-29,30-20-12-6-13-21-30)31-22-14-7-15-23-31/h4-23,27,32H,24-26H2,1-3H3,(H,38,44)(H,39,43)/t32-/m1/s1. The van der Waals surface area contributed by atoms with Crippen molar-refractivity contribution in [2.24, 2.45) is 0 Å². The lowest BCUT2D eigenvalue weighted by Gasteiger charge is -2.37. The van der Waals surface area contributed by atoms with Crippen LogP contribution in [0.5, 0.6) is 0 Å². The lowest BCUT2D eigenvalue weighted by atomic mass is 9.77. The van der Waals surface area contributed by atoms with Gasteiger partial charge in [0.25, 0.3) is 0 Å². The summed E-state index contributed by atoms with van der Waals surface area (Å²) in [5.74, 6) is -0.286. The van der Waals surface area contributed by atoms with Gasteiger partial charge < -0.3 is 15.4 Å². The van der Waals surface area contributed by atoms with Crippen LogP contribution in [-0.2, 0) is 28.0 Å². The molecule has 2 N–H and O–H groups in total. The summed E-state index contributed by atoms with van der Waals surface area (Å²) in [6, 6.07) is 39.0. The molecule has 0 spiro atoms. The lowest BCUT2D eigenvalue weighted by Crippen LogP contribution is -2.49. The fourth-order valence-electron chi connectivity index (χ4n) is 5.38. The van der Waals surface area contributed by atoms with Crippen molar-refractivity contribution in [2.45, 2.75) is 57.3 Å². The Hall–Kier alpha value is -5.24. The van der Waals surface area contributed by atoms with Crippen molar-refractivity contribution >= 4 is 12.0 Å². The molecule has 0 radical (unpaired) electrons. The third-order valence-corrected chi connectivity index (χ3v) is 7.41. The topological polar surface area (TPSA) is 98.1 Å². The van der Waals surface area contributed by atoms with Crippen molar-refractivity contribution in [3.63, 3.8) is 0 Å². The molecule has 45 heavy (non-hydrogen) atoms. The highest BCUT2D eigenvalue weighted by atomic mass is 16.6. The highest BCUT2D eigenvalue weighted by Crippen LogP contribution is 2.37. The molecule has 0 aliphatic heterocycles. The highest BCUT2D eigenvalue weighted by Gasteiger charge is 2.38. The molecule has 1 heterocycles. The van der Waals surface area contributed by atoms with Crippen LogP contribution >= 0.6 is 0 Å². The number of carbonyl (C=O) groups is 2. The van der Waals surface area contributed by atoms with Gasteiger partial charge >= 0.3 is 6.09 Å². The maximum Gasteiger partial charge on any atom is 0.408 e. The van der Waals surface area contributed by atoms with Crippen LogP contribution in [0.15, 0.2) is 128 Å². The number of amides is 2. The van der Waals surface area contributed by atoms with Crippen LogP contribution in [0.4, 0.5) is 4.79 Å². The Morgan fingerprint density at radius 1 is 0.756 bits per heavy atom. The zero-order valence-corrected chi connectivity index (χ0v) is 25.9. The Kier molecular flexibility index (Phi) is 9.73. The van der Waals surface area contributed by atoms with Crippen LogP contribution < -0.4 is 10.6 Å². The molecule has 2 amide bonds. The molecule has 0 saturated heterocycles. The van der Waals surface area contributed by atoms with Crippen LogP contribution in [0.1, 0.15) is 61.2 Å². The molecule has 1 atom stereocenters. The van der Waals surface area contributed by atoms with E-state index in [0.29, 0.717) is 12.2 Å². The molecule has 8 heteroatoms. The Morgan fingerprint density at radius 3 is 1.73 bits per heavy atom. The van der Waals surface area contributed by atoms with Crippen molar-refractivity contribution in [1.29, 1.82) is 0 Å². The summed E-state index contributed by atoms with van der Waals surface area (Å²) in [7, 11) is 0. The number of rotatable bonds is 11. The zero-order valence-electron chi connectivity index (χ0n) is 25.9. The number of hydrogen-bond donors (Lipinski definition) is 2. The number of aryl methyl sites for hydroxylation is 2. The minimum atomic E-state index is -0.995. The second-order valence-corrected chi connectivity index (χ2v) is 11.9. The van der Waals surface area contributed by atoms with E-state index >= 15 is 0 Å². The van der Waals surface area contributed by atoms with Gasteiger partial charge in [-0.25, -0.2) is 4.79 Å². The second kappa shape index (κ2) is 14.0. The Labute approximate surface area is 264 Å². The van der Waals surface area contributed by atoms with Gasteiger partial charge in [0.2, 0.25) is 5.91 Å². The number of carbonyl (C=O) groups excluding carboxylic acids is 2. The number of aromatic nitrogens is 3. The minimum Gasteiger partial charge on any atom is -0.444 e. The van der Waals surface area contributed by atoms with Gasteiger partial charge in [-0.15, -0.1) is 5.10 Å². The number of nitrogens with one attached hydrogen (secondary N) is 2. The first kappa shape index (κ1) is 31.2. The molecular weight excluding hydrogens is 562 g/mol. The van der Waals surface area contributed by atoms with E-state index in [1.807, 2.05) is 109 Å². The summed E-state index contributed by atoms with van der Waals surface area (Å²) in [4.78, 5) is 27.2. The first-order chi connectivity index (χ1) is 21.7. The first-order valence-electron chi connectivity index (χ1n) is 15.1. The van der Waals surface area contributed by atoms with E-state index in [4.69, 9.17) is 4.74 Å². The largest absolute Gasteiger partial charge is 0.444 e. The predicted octanol–water partition coefficient (Wildman–Crippen LogP) is 6.59. The van der Waals surface area contributed by atoms with Crippen LogP contribution in [0, 0.1) is 0 Å². The van der Waals surface area contributed by atoms with Crippen LogP contribution in [0.25, 0.3) is 0 Å². The average Bonchev–Trinajstić information content (AvgIpc) is 3.52. The summed E-state index contributed by atoms with van der Waals surface area (Å²) >= 11 is 0. The monoisotopic (exact) mass is 601 g/mol. The number of hydrogen-bond acceptors (Lipinski definition) is 5. The first-order valence-corrected chi connectivity index (χ1v) is 15.1. The smallest absolute Gasteiger partial charge is 0.408 e. The molecule has 0 unspecified atom stereocenters. The lowest BCUT2D eigenvalue weighted by molar-refractivity contribution is -0.122. The molecule has 1 aromatic heterocycles. The predicted molar refractivity (Wildman–Crippen MR) is 174 cm³/mol. The van der Waals surface area contributed by atoms with Gasteiger partial charge in [-0.2, -0.15) is 0 Å². The van der Waals surface area contributed by atoms with E-state index < -0.39 is 23.3 Å². The molecule has 8 nitrogen and oxygen atoms in total. The summed E-state index contributed by atoms with van der Waals surface area (Å²) < 4.78 is 7.28. The van der Waals surface area contributed by atoms with E-state index in [0.717, 1.165) is 23.1 Å².